The molecule has 0 bridgehead atoms. The van der Waals surface area contributed by atoms with Gasteiger partial charge in [0.15, 0.2) is 10.9 Å². The Labute approximate surface area is 169 Å². The molecule has 0 aliphatic heterocycles. The number of carbonyl (C=O) groups excluding carboxylic acids is 2. The predicted molar refractivity (Wildman–Crippen MR) is 108 cm³/mol. The van der Waals surface area contributed by atoms with Crippen molar-refractivity contribution in [3.8, 4) is 0 Å². The normalized spacial score (nSPS) is 10.6. The third-order valence-corrected chi connectivity index (χ3v) is 5.35. The van der Waals surface area contributed by atoms with Gasteiger partial charge in [-0.3, -0.25) is 9.59 Å². The summed E-state index contributed by atoms with van der Waals surface area (Å²) in [6, 6.07) is 14.6. The van der Waals surface area contributed by atoms with Gasteiger partial charge in [0.05, 0.1) is 0 Å². The summed E-state index contributed by atoms with van der Waals surface area (Å²) in [4.78, 5) is 25.2. The van der Waals surface area contributed by atoms with Crippen LogP contribution in [0.1, 0.15) is 23.2 Å². The summed E-state index contributed by atoms with van der Waals surface area (Å²) in [5.74, 6) is -0.234. The van der Waals surface area contributed by atoms with Crippen LogP contribution in [0.4, 0.5) is 5.69 Å². The average molecular weight is 445 g/mol. The number of nitrogens with one attached hydrogen (secondary N) is 1. The van der Waals surface area contributed by atoms with Gasteiger partial charge in [-0.1, -0.05) is 28.1 Å². The predicted octanol–water partition coefficient (Wildman–Crippen LogP) is 4.33. The molecule has 6 nitrogen and oxygen atoms in total. The van der Waals surface area contributed by atoms with E-state index in [1.807, 2.05) is 48.0 Å². The second-order valence-electron chi connectivity index (χ2n) is 5.83. The van der Waals surface area contributed by atoms with Gasteiger partial charge < -0.3 is 9.88 Å². The molecule has 1 aromatic heterocycles. The SMILES string of the molecule is Cn1cnnc1Sc1ccc(NC(=O)CCC(=O)c2ccc(Br)cc2)cc1. The van der Waals surface area contributed by atoms with Crippen LogP contribution < -0.4 is 5.32 Å². The highest BCUT2D eigenvalue weighted by Gasteiger charge is 2.10. The molecule has 3 aromatic rings. The van der Waals surface area contributed by atoms with E-state index in [0.717, 1.165) is 14.5 Å². The van der Waals surface area contributed by atoms with E-state index < -0.39 is 0 Å². The van der Waals surface area contributed by atoms with Crippen LogP contribution in [-0.4, -0.2) is 26.5 Å². The molecule has 3 rings (SSSR count). The van der Waals surface area contributed by atoms with Crippen molar-refractivity contribution in [2.24, 2.45) is 7.05 Å². The van der Waals surface area contributed by atoms with E-state index in [4.69, 9.17) is 0 Å². The highest BCUT2D eigenvalue weighted by Crippen LogP contribution is 2.26. The number of benzene rings is 2. The fraction of sp³-hybridized carbons (Fsp3) is 0.158. The highest BCUT2D eigenvalue weighted by molar-refractivity contribution is 9.10. The molecule has 138 valence electrons. The number of Topliss-reactive ketones (excluding diaryl/α,β-unsaturated/α-hetero) is 1. The Balaban J connectivity index is 1.49. The number of halogens is 1. The van der Waals surface area contributed by atoms with Gasteiger partial charge in [-0.05, 0) is 48.2 Å². The maximum Gasteiger partial charge on any atom is 0.224 e. The van der Waals surface area contributed by atoms with Crippen molar-refractivity contribution >= 4 is 45.1 Å². The maximum absolute atomic E-state index is 12.1. The third-order valence-electron chi connectivity index (χ3n) is 3.76. The number of amides is 1. The average Bonchev–Trinajstić information content (AvgIpc) is 3.06. The minimum absolute atomic E-state index is 0.0481. The first kappa shape index (κ1) is 19.3. The molecule has 1 N–H and O–H groups in total. The fourth-order valence-electron chi connectivity index (χ4n) is 2.31. The molecule has 0 radical (unpaired) electrons. The van der Waals surface area contributed by atoms with E-state index in [-0.39, 0.29) is 24.5 Å². The molecular formula is C19H17BrN4O2S. The van der Waals surface area contributed by atoms with Gasteiger partial charge in [0.2, 0.25) is 5.91 Å². The molecule has 1 amide bonds. The first-order chi connectivity index (χ1) is 13.0. The summed E-state index contributed by atoms with van der Waals surface area (Å²) in [6.45, 7) is 0. The number of nitrogens with zero attached hydrogens (tertiary/aromatic N) is 3. The van der Waals surface area contributed by atoms with Crippen molar-refractivity contribution in [3.05, 3.63) is 64.9 Å². The van der Waals surface area contributed by atoms with E-state index >= 15 is 0 Å². The summed E-state index contributed by atoms with van der Waals surface area (Å²) in [7, 11) is 1.88. The Hall–Kier alpha value is -2.45. The molecule has 0 aliphatic carbocycles. The van der Waals surface area contributed by atoms with Crippen molar-refractivity contribution in [1.82, 2.24) is 14.8 Å². The molecule has 8 heteroatoms. The molecule has 0 saturated carbocycles. The lowest BCUT2D eigenvalue weighted by molar-refractivity contribution is -0.116. The lowest BCUT2D eigenvalue weighted by Crippen LogP contribution is -2.13. The third kappa shape index (κ3) is 5.51. The van der Waals surface area contributed by atoms with Crippen LogP contribution in [0.15, 0.2) is 69.4 Å². The minimum atomic E-state index is -0.186. The number of carbonyl (C=O) groups is 2. The Bertz CT molecular complexity index is 939. The van der Waals surface area contributed by atoms with E-state index in [0.29, 0.717) is 11.3 Å². The first-order valence-corrected chi connectivity index (χ1v) is 9.83. The number of hydrogen-bond donors (Lipinski definition) is 1. The molecular weight excluding hydrogens is 428 g/mol. The number of aryl methyl sites for hydroxylation is 1. The maximum atomic E-state index is 12.1. The van der Waals surface area contributed by atoms with Crippen molar-refractivity contribution in [1.29, 1.82) is 0 Å². The first-order valence-electron chi connectivity index (χ1n) is 8.22. The van der Waals surface area contributed by atoms with Crippen LogP contribution in [0.2, 0.25) is 0 Å². The van der Waals surface area contributed by atoms with Crippen LogP contribution in [0.3, 0.4) is 0 Å². The van der Waals surface area contributed by atoms with Crippen molar-refractivity contribution in [3.63, 3.8) is 0 Å². The molecule has 0 fully saturated rings. The lowest BCUT2D eigenvalue weighted by Gasteiger charge is -2.06. The van der Waals surface area contributed by atoms with Gasteiger partial charge in [0.25, 0.3) is 0 Å². The standard InChI is InChI=1S/C19H17BrN4O2S/c1-24-12-21-23-19(24)27-16-8-6-15(7-9-16)22-18(26)11-10-17(25)13-2-4-14(20)5-3-13/h2-9,12H,10-11H2,1H3,(H,22,26). The van der Waals surface area contributed by atoms with Crippen LogP contribution in [0, 0.1) is 0 Å². The van der Waals surface area contributed by atoms with Gasteiger partial charge in [0, 0.05) is 40.5 Å². The zero-order valence-corrected chi connectivity index (χ0v) is 17.0. The Morgan fingerprint density at radius 1 is 1.07 bits per heavy atom. The zero-order chi connectivity index (χ0) is 19.2. The van der Waals surface area contributed by atoms with Crippen molar-refractivity contribution in [2.45, 2.75) is 22.9 Å². The van der Waals surface area contributed by atoms with Gasteiger partial charge in [0.1, 0.15) is 6.33 Å². The summed E-state index contributed by atoms with van der Waals surface area (Å²) < 4.78 is 2.75. The van der Waals surface area contributed by atoms with Gasteiger partial charge in [-0.25, -0.2) is 0 Å². The summed E-state index contributed by atoms with van der Waals surface area (Å²) in [5.41, 5.74) is 1.30. The monoisotopic (exact) mass is 444 g/mol. The second kappa shape index (κ2) is 8.96. The van der Waals surface area contributed by atoms with Crippen molar-refractivity contribution < 1.29 is 9.59 Å². The van der Waals surface area contributed by atoms with Crippen LogP contribution in [0.5, 0.6) is 0 Å². The van der Waals surface area contributed by atoms with Crippen LogP contribution >= 0.6 is 27.7 Å². The number of anilines is 1. The highest BCUT2D eigenvalue weighted by atomic mass is 79.9. The quantitative estimate of drug-likeness (QED) is 0.548. The molecule has 0 saturated heterocycles. The molecule has 2 aromatic carbocycles. The smallest absolute Gasteiger partial charge is 0.224 e. The number of aromatic nitrogens is 3. The minimum Gasteiger partial charge on any atom is -0.326 e. The van der Waals surface area contributed by atoms with Gasteiger partial charge in [-0.2, -0.15) is 0 Å². The number of rotatable bonds is 7. The Kier molecular flexibility index (Phi) is 6.41. The summed E-state index contributed by atoms with van der Waals surface area (Å²) in [5, 5.41) is 11.5. The van der Waals surface area contributed by atoms with Crippen LogP contribution in [0.25, 0.3) is 0 Å². The fourth-order valence-corrected chi connectivity index (χ4v) is 3.33. The number of hydrogen-bond acceptors (Lipinski definition) is 5. The van der Waals surface area contributed by atoms with Gasteiger partial charge in [-0.15, -0.1) is 10.2 Å². The molecule has 27 heavy (non-hydrogen) atoms. The number of ketones is 1. The Morgan fingerprint density at radius 2 is 1.78 bits per heavy atom. The largest absolute Gasteiger partial charge is 0.326 e. The van der Waals surface area contributed by atoms with E-state index in [2.05, 4.69) is 31.4 Å². The molecule has 0 spiro atoms. The molecule has 0 aliphatic rings. The van der Waals surface area contributed by atoms with Gasteiger partial charge >= 0.3 is 0 Å². The van der Waals surface area contributed by atoms with E-state index in [1.54, 1.807) is 18.5 Å². The van der Waals surface area contributed by atoms with Crippen LogP contribution in [-0.2, 0) is 11.8 Å². The zero-order valence-electron chi connectivity index (χ0n) is 14.6. The van der Waals surface area contributed by atoms with E-state index in [9.17, 15) is 9.59 Å². The molecule has 0 unspecified atom stereocenters. The summed E-state index contributed by atoms with van der Waals surface area (Å²) >= 11 is 4.82. The summed E-state index contributed by atoms with van der Waals surface area (Å²) in [6.07, 6.45) is 1.96. The van der Waals surface area contributed by atoms with Crippen molar-refractivity contribution in [2.75, 3.05) is 5.32 Å². The second-order valence-corrected chi connectivity index (χ2v) is 7.79. The van der Waals surface area contributed by atoms with E-state index in [1.165, 1.54) is 11.8 Å². The lowest BCUT2D eigenvalue weighted by atomic mass is 10.1. The molecule has 0 atom stereocenters. The topological polar surface area (TPSA) is 76.9 Å². The Morgan fingerprint density at radius 3 is 2.41 bits per heavy atom. The molecule has 1 heterocycles.